The second-order valence-corrected chi connectivity index (χ2v) is 4.64. The number of nitro benzene ring substituents is 1. The maximum absolute atomic E-state index is 14.0. The Labute approximate surface area is 110 Å². The summed E-state index contributed by atoms with van der Waals surface area (Å²) in [6.07, 6.45) is 4.36. The van der Waals surface area contributed by atoms with E-state index in [1.54, 1.807) is 4.90 Å². The molecule has 2 rings (SSSR count). The summed E-state index contributed by atoms with van der Waals surface area (Å²) >= 11 is 0. The van der Waals surface area contributed by atoms with Gasteiger partial charge >= 0.3 is 0 Å². The summed E-state index contributed by atoms with van der Waals surface area (Å²) < 4.78 is 14.0. The minimum Gasteiger partial charge on any atom is -0.359 e. The van der Waals surface area contributed by atoms with Crippen LogP contribution in [0.4, 0.5) is 15.8 Å². The number of aldehydes is 1. The molecule has 5 nitrogen and oxygen atoms in total. The Bertz CT molecular complexity index is 493. The van der Waals surface area contributed by atoms with Gasteiger partial charge < -0.3 is 9.69 Å². The van der Waals surface area contributed by atoms with Gasteiger partial charge in [0, 0.05) is 12.6 Å². The average molecular weight is 266 g/mol. The minimum atomic E-state index is -0.650. The molecule has 0 aliphatic carbocycles. The highest BCUT2D eigenvalue weighted by molar-refractivity contribution is 5.67. The van der Waals surface area contributed by atoms with E-state index in [2.05, 4.69) is 0 Å². The molecule has 0 aromatic heterocycles. The van der Waals surface area contributed by atoms with Gasteiger partial charge in [-0.15, -0.1) is 0 Å². The Kier molecular flexibility index (Phi) is 4.09. The zero-order valence-electron chi connectivity index (χ0n) is 10.4. The minimum absolute atomic E-state index is 0.268. The van der Waals surface area contributed by atoms with E-state index in [4.69, 9.17) is 0 Å². The van der Waals surface area contributed by atoms with Crippen molar-refractivity contribution >= 4 is 17.7 Å². The lowest BCUT2D eigenvalue weighted by atomic mass is 10.1. The Morgan fingerprint density at radius 3 is 2.79 bits per heavy atom. The molecule has 1 unspecified atom stereocenters. The van der Waals surface area contributed by atoms with Crippen LogP contribution in [0.2, 0.25) is 0 Å². The van der Waals surface area contributed by atoms with Crippen molar-refractivity contribution in [3.63, 3.8) is 0 Å². The van der Waals surface area contributed by atoms with Crippen molar-refractivity contribution in [2.24, 2.45) is 0 Å². The van der Waals surface area contributed by atoms with E-state index in [0.29, 0.717) is 13.0 Å². The number of benzene rings is 1. The Morgan fingerprint density at radius 2 is 2.16 bits per heavy atom. The van der Waals surface area contributed by atoms with Gasteiger partial charge in [-0.25, -0.2) is 4.39 Å². The van der Waals surface area contributed by atoms with E-state index in [1.807, 2.05) is 0 Å². The van der Waals surface area contributed by atoms with Crippen LogP contribution in [0.5, 0.6) is 0 Å². The summed E-state index contributed by atoms with van der Waals surface area (Å²) in [6.45, 7) is 0.595. The first kappa shape index (κ1) is 13.5. The van der Waals surface area contributed by atoms with Crippen molar-refractivity contribution in [3.8, 4) is 0 Å². The van der Waals surface area contributed by atoms with Crippen molar-refractivity contribution in [2.45, 2.75) is 31.7 Å². The summed E-state index contributed by atoms with van der Waals surface area (Å²) in [5.41, 5.74) is -0.0108. The van der Waals surface area contributed by atoms with Crippen molar-refractivity contribution in [1.29, 1.82) is 0 Å². The molecule has 19 heavy (non-hydrogen) atoms. The zero-order chi connectivity index (χ0) is 13.8. The number of rotatable bonds is 3. The first-order valence-corrected chi connectivity index (χ1v) is 6.29. The highest BCUT2D eigenvalue weighted by Gasteiger charge is 2.24. The largest absolute Gasteiger partial charge is 0.359 e. The van der Waals surface area contributed by atoms with Gasteiger partial charge in [0.1, 0.15) is 6.29 Å². The lowest BCUT2D eigenvalue weighted by Gasteiger charge is -2.28. The second kappa shape index (κ2) is 5.77. The van der Waals surface area contributed by atoms with Gasteiger partial charge in [0.15, 0.2) is 5.82 Å². The van der Waals surface area contributed by atoms with Gasteiger partial charge in [-0.3, -0.25) is 10.1 Å². The molecule has 0 spiro atoms. The quantitative estimate of drug-likeness (QED) is 0.479. The summed E-state index contributed by atoms with van der Waals surface area (Å²) in [5, 5.41) is 10.6. The number of hydrogen-bond acceptors (Lipinski definition) is 4. The monoisotopic (exact) mass is 266 g/mol. The summed E-state index contributed by atoms with van der Waals surface area (Å²) in [5.74, 6) is -0.650. The number of carbonyl (C=O) groups excluding carboxylic acids is 1. The van der Waals surface area contributed by atoms with E-state index in [0.717, 1.165) is 31.6 Å². The predicted octanol–water partition coefficient (Wildman–Crippen LogP) is 2.68. The van der Waals surface area contributed by atoms with Crippen molar-refractivity contribution < 1.29 is 14.1 Å². The van der Waals surface area contributed by atoms with Crippen LogP contribution in [0.3, 0.4) is 0 Å². The molecule has 1 aromatic carbocycles. The van der Waals surface area contributed by atoms with Crippen molar-refractivity contribution in [1.82, 2.24) is 0 Å². The SMILES string of the molecule is O=CC1CCCCCN1c1ccc([N+](=O)[O-])cc1F. The number of carbonyl (C=O) groups is 1. The number of nitrogens with zero attached hydrogens (tertiary/aromatic N) is 2. The topological polar surface area (TPSA) is 63.5 Å². The number of anilines is 1. The van der Waals surface area contributed by atoms with E-state index in [9.17, 15) is 19.3 Å². The zero-order valence-corrected chi connectivity index (χ0v) is 10.4. The molecule has 0 radical (unpaired) electrons. The molecule has 1 heterocycles. The third-order valence-electron chi connectivity index (χ3n) is 3.41. The van der Waals surface area contributed by atoms with Crippen LogP contribution in [0.25, 0.3) is 0 Å². The Hall–Kier alpha value is -1.98. The molecule has 1 aliphatic rings. The molecule has 0 saturated carbocycles. The fraction of sp³-hybridized carbons (Fsp3) is 0.462. The van der Waals surface area contributed by atoms with Gasteiger partial charge in [0.2, 0.25) is 0 Å². The summed E-state index contributed by atoms with van der Waals surface area (Å²) in [7, 11) is 0. The number of hydrogen-bond donors (Lipinski definition) is 0. The van der Waals surface area contributed by atoms with E-state index in [-0.39, 0.29) is 17.4 Å². The molecular weight excluding hydrogens is 251 g/mol. The molecule has 1 atom stereocenters. The number of nitro groups is 1. The first-order valence-electron chi connectivity index (χ1n) is 6.29. The van der Waals surface area contributed by atoms with Gasteiger partial charge in [-0.2, -0.15) is 0 Å². The molecule has 1 saturated heterocycles. The van der Waals surface area contributed by atoms with E-state index < -0.39 is 10.7 Å². The smallest absolute Gasteiger partial charge is 0.272 e. The fourth-order valence-corrected chi connectivity index (χ4v) is 2.42. The molecule has 1 fully saturated rings. The van der Waals surface area contributed by atoms with Crippen LogP contribution >= 0.6 is 0 Å². The Balaban J connectivity index is 2.33. The van der Waals surface area contributed by atoms with Crippen LogP contribution in [-0.4, -0.2) is 23.8 Å². The molecule has 1 aliphatic heterocycles. The van der Waals surface area contributed by atoms with E-state index in [1.165, 1.54) is 12.1 Å². The predicted molar refractivity (Wildman–Crippen MR) is 68.7 cm³/mol. The fourth-order valence-electron chi connectivity index (χ4n) is 2.42. The van der Waals surface area contributed by atoms with Crippen LogP contribution in [0.15, 0.2) is 18.2 Å². The van der Waals surface area contributed by atoms with E-state index >= 15 is 0 Å². The van der Waals surface area contributed by atoms with Gasteiger partial charge in [0.05, 0.1) is 22.7 Å². The van der Waals surface area contributed by atoms with Crippen molar-refractivity contribution in [3.05, 3.63) is 34.1 Å². The number of halogens is 1. The summed E-state index contributed by atoms with van der Waals surface area (Å²) in [6, 6.07) is 3.21. The standard InChI is InChI=1S/C13H15FN2O3/c14-12-8-10(16(18)19)5-6-13(12)15-7-3-1-2-4-11(15)9-17/h5-6,8-9,11H,1-4,7H2. The third kappa shape index (κ3) is 2.89. The van der Waals surface area contributed by atoms with Gasteiger partial charge in [-0.05, 0) is 18.9 Å². The van der Waals surface area contributed by atoms with Crippen LogP contribution in [0.1, 0.15) is 25.7 Å². The molecule has 0 amide bonds. The van der Waals surface area contributed by atoms with Crippen LogP contribution in [0, 0.1) is 15.9 Å². The lowest BCUT2D eigenvalue weighted by Crippen LogP contribution is -2.36. The molecule has 102 valence electrons. The number of non-ortho nitro benzene ring substituents is 1. The second-order valence-electron chi connectivity index (χ2n) is 4.64. The van der Waals surface area contributed by atoms with Gasteiger partial charge in [0.25, 0.3) is 5.69 Å². The molecule has 0 bridgehead atoms. The Morgan fingerprint density at radius 1 is 1.37 bits per heavy atom. The van der Waals surface area contributed by atoms with Crippen LogP contribution in [-0.2, 0) is 4.79 Å². The maximum Gasteiger partial charge on any atom is 0.272 e. The van der Waals surface area contributed by atoms with Crippen molar-refractivity contribution in [2.75, 3.05) is 11.4 Å². The molecular formula is C13H15FN2O3. The van der Waals surface area contributed by atoms with Gasteiger partial charge in [-0.1, -0.05) is 12.8 Å². The average Bonchev–Trinajstić information content (AvgIpc) is 2.63. The summed E-state index contributed by atoms with van der Waals surface area (Å²) in [4.78, 5) is 22.8. The molecule has 0 N–H and O–H groups in total. The molecule has 1 aromatic rings. The highest BCUT2D eigenvalue weighted by Crippen LogP contribution is 2.28. The third-order valence-corrected chi connectivity index (χ3v) is 3.41. The van der Waals surface area contributed by atoms with Crippen LogP contribution < -0.4 is 4.90 Å². The lowest BCUT2D eigenvalue weighted by molar-refractivity contribution is -0.385. The molecule has 6 heteroatoms. The highest BCUT2D eigenvalue weighted by atomic mass is 19.1. The maximum atomic E-state index is 14.0. The normalized spacial score (nSPS) is 19.8. The first-order chi connectivity index (χ1) is 9.13.